The van der Waals surface area contributed by atoms with Crippen molar-refractivity contribution in [3.05, 3.63) is 35.4 Å². The monoisotopic (exact) mass is 285 g/mol. The molecule has 0 aliphatic carbocycles. The fourth-order valence-electron chi connectivity index (χ4n) is 1.37. The summed E-state index contributed by atoms with van der Waals surface area (Å²) in [6, 6.07) is 5.91. The summed E-state index contributed by atoms with van der Waals surface area (Å²) in [6.45, 7) is 0. The van der Waals surface area contributed by atoms with E-state index in [2.05, 4.69) is 15.9 Å². The molecule has 0 aromatic heterocycles. The summed E-state index contributed by atoms with van der Waals surface area (Å²) in [5.74, 6) is -1.14. The Hall–Kier alpha value is -1.20. The molecular weight excluding hydrogens is 274 g/mol. The molecule has 0 heterocycles. The molecule has 0 radical (unpaired) electrons. The lowest BCUT2D eigenvalue weighted by molar-refractivity contribution is -0.138. The third-order valence-electron chi connectivity index (χ3n) is 2.20. The molecule has 3 N–H and O–H groups in total. The molecule has 0 saturated heterocycles. The molecule has 0 saturated carbocycles. The van der Waals surface area contributed by atoms with E-state index in [4.69, 9.17) is 10.8 Å². The molecule has 0 bridgehead atoms. The number of carboxylic acid groups (broad SMARTS) is 1. The highest BCUT2D eigenvalue weighted by Gasteiger charge is 2.16. The van der Waals surface area contributed by atoms with Crippen molar-refractivity contribution in [3.8, 4) is 0 Å². The summed E-state index contributed by atoms with van der Waals surface area (Å²) in [7, 11) is 0. The SMILES string of the molecule is N[C@@H](Cc1ccccc1C(=O)CBr)C(=O)O. The van der Waals surface area contributed by atoms with E-state index >= 15 is 0 Å². The number of rotatable bonds is 5. The number of carbonyl (C=O) groups is 2. The highest BCUT2D eigenvalue weighted by molar-refractivity contribution is 9.09. The summed E-state index contributed by atoms with van der Waals surface area (Å²) in [5.41, 5.74) is 6.63. The smallest absolute Gasteiger partial charge is 0.320 e. The topological polar surface area (TPSA) is 80.4 Å². The van der Waals surface area contributed by atoms with Crippen molar-refractivity contribution in [2.24, 2.45) is 5.73 Å². The molecular formula is C11H12BrNO3. The lowest BCUT2D eigenvalue weighted by Gasteiger charge is -2.10. The second-order valence-electron chi connectivity index (χ2n) is 3.36. The average Bonchev–Trinajstić information content (AvgIpc) is 2.28. The van der Waals surface area contributed by atoms with Gasteiger partial charge in [-0.05, 0) is 12.0 Å². The Balaban J connectivity index is 2.95. The summed E-state index contributed by atoms with van der Waals surface area (Å²) < 4.78 is 0. The van der Waals surface area contributed by atoms with Crippen molar-refractivity contribution in [2.75, 3.05) is 5.33 Å². The minimum Gasteiger partial charge on any atom is -0.480 e. The molecule has 1 aromatic rings. The van der Waals surface area contributed by atoms with Crippen LogP contribution in [0.1, 0.15) is 15.9 Å². The molecule has 1 aromatic carbocycles. The highest BCUT2D eigenvalue weighted by Crippen LogP contribution is 2.12. The number of hydrogen-bond acceptors (Lipinski definition) is 3. The van der Waals surface area contributed by atoms with Crippen molar-refractivity contribution in [3.63, 3.8) is 0 Å². The van der Waals surface area contributed by atoms with Crippen LogP contribution in [0.25, 0.3) is 0 Å². The van der Waals surface area contributed by atoms with E-state index in [1.807, 2.05) is 0 Å². The summed E-state index contributed by atoms with van der Waals surface area (Å²) in [5, 5.41) is 8.93. The lowest BCUT2D eigenvalue weighted by atomic mass is 9.98. The van der Waals surface area contributed by atoms with Gasteiger partial charge < -0.3 is 10.8 Å². The zero-order valence-electron chi connectivity index (χ0n) is 8.52. The van der Waals surface area contributed by atoms with Gasteiger partial charge in [0, 0.05) is 5.56 Å². The van der Waals surface area contributed by atoms with Gasteiger partial charge in [-0.1, -0.05) is 40.2 Å². The van der Waals surface area contributed by atoms with Crippen molar-refractivity contribution in [1.29, 1.82) is 0 Å². The Labute approximate surface area is 102 Å². The van der Waals surface area contributed by atoms with Crippen LogP contribution in [-0.4, -0.2) is 28.2 Å². The summed E-state index contributed by atoms with van der Waals surface area (Å²) in [6.07, 6.45) is 0.157. The number of benzene rings is 1. The number of nitrogens with two attached hydrogens (primary N) is 1. The minimum absolute atomic E-state index is 0.0758. The maximum absolute atomic E-state index is 11.6. The minimum atomic E-state index is -1.07. The number of alkyl halides is 1. The van der Waals surface area contributed by atoms with Crippen LogP contribution in [0.2, 0.25) is 0 Å². The van der Waals surface area contributed by atoms with Gasteiger partial charge >= 0.3 is 5.97 Å². The maximum Gasteiger partial charge on any atom is 0.320 e. The van der Waals surface area contributed by atoms with Crippen molar-refractivity contribution < 1.29 is 14.7 Å². The first-order valence-corrected chi connectivity index (χ1v) is 5.84. The summed E-state index contributed by atoms with van der Waals surface area (Å²) in [4.78, 5) is 22.2. The predicted octanol–water partition coefficient (Wildman–Crippen LogP) is 1.22. The third-order valence-corrected chi connectivity index (χ3v) is 2.71. The molecule has 0 aliphatic rings. The Kier molecular flexibility index (Phi) is 4.64. The molecule has 86 valence electrons. The second-order valence-corrected chi connectivity index (χ2v) is 3.92. The zero-order chi connectivity index (χ0) is 12.1. The van der Waals surface area contributed by atoms with E-state index in [0.29, 0.717) is 11.1 Å². The van der Waals surface area contributed by atoms with Gasteiger partial charge in [-0.15, -0.1) is 0 Å². The van der Waals surface area contributed by atoms with Gasteiger partial charge in [0.2, 0.25) is 0 Å². The predicted molar refractivity (Wildman–Crippen MR) is 63.9 cm³/mol. The highest BCUT2D eigenvalue weighted by atomic mass is 79.9. The second kappa shape index (κ2) is 5.77. The van der Waals surface area contributed by atoms with Crippen LogP contribution in [0, 0.1) is 0 Å². The standard InChI is InChI=1S/C11H12BrNO3/c12-6-10(14)8-4-2-1-3-7(8)5-9(13)11(15)16/h1-4,9H,5-6,13H2,(H,15,16)/t9-/m0/s1. The van der Waals surface area contributed by atoms with Gasteiger partial charge in [0.05, 0.1) is 5.33 Å². The van der Waals surface area contributed by atoms with E-state index in [1.165, 1.54) is 0 Å². The molecule has 16 heavy (non-hydrogen) atoms. The first-order chi connectivity index (χ1) is 7.56. The lowest BCUT2D eigenvalue weighted by Crippen LogP contribution is -2.32. The van der Waals surface area contributed by atoms with Gasteiger partial charge in [0.25, 0.3) is 0 Å². The zero-order valence-corrected chi connectivity index (χ0v) is 10.1. The van der Waals surface area contributed by atoms with Crippen molar-refractivity contribution in [2.45, 2.75) is 12.5 Å². The molecule has 4 nitrogen and oxygen atoms in total. The van der Waals surface area contributed by atoms with Crippen LogP contribution in [0.3, 0.4) is 0 Å². The van der Waals surface area contributed by atoms with E-state index < -0.39 is 12.0 Å². The Morgan fingerprint density at radius 3 is 2.56 bits per heavy atom. The number of Topliss-reactive ketones (excluding diaryl/α,β-unsaturated/α-hetero) is 1. The maximum atomic E-state index is 11.6. The fourth-order valence-corrected chi connectivity index (χ4v) is 1.67. The summed E-state index contributed by atoms with van der Waals surface area (Å²) >= 11 is 3.08. The van der Waals surface area contributed by atoms with Crippen LogP contribution in [0.4, 0.5) is 0 Å². The van der Waals surface area contributed by atoms with E-state index in [1.54, 1.807) is 24.3 Å². The Morgan fingerprint density at radius 1 is 1.38 bits per heavy atom. The van der Waals surface area contributed by atoms with Gasteiger partial charge in [0.1, 0.15) is 6.04 Å². The number of ketones is 1. The normalized spacial score (nSPS) is 12.1. The molecule has 0 unspecified atom stereocenters. The number of carbonyl (C=O) groups excluding carboxylic acids is 1. The molecule has 0 spiro atoms. The van der Waals surface area contributed by atoms with E-state index in [0.717, 1.165) is 0 Å². The van der Waals surface area contributed by atoms with Crippen LogP contribution >= 0.6 is 15.9 Å². The molecule has 0 fully saturated rings. The van der Waals surface area contributed by atoms with Crippen LogP contribution in [0.5, 0.6) is 0 Å². The molecule has 5 heteroatoms. The van der Waals surface area contributed by atoms with Crippen LogP contribution in [-0.2, 0) is 11.2 Å². The van der Waals surface area contributed by atoms with Crippen LogP contribution < -0.4 is 5.73 Å². The van der Waals surface area contributed by atoms with Gasteiger partial charge in [0.15, 0.2) is 5.78 Å². The van der Waals surface area contributed by atoms with E-state index in [-0.39, 0.29) is 17.5 Å². The van der Waals surface area contributed by atoms with Crippen molar-refractivity contribution in [1.82, 2.24) is 0 Å². The number of halogens is 1. The number of hydrogen-bond donors (Lipinski definition) is 2. The molecule has 0 aliphatic heterocycles. The fraction of sp³-hybridized carbons (Fsp3) is 0.273. The average molecular weight is 286 g/mol. The first kappa shape index (κ1) is 12.9. The van der Waals surface area contributed by atoms with E-state index in [9.17, 15) is 9.59 Å². The number of aliphatic carboxylic acids is 1. The molecule has 1 rings (SSSR count). The van der Waals surface area contributed by atoms with Crippen molar-refractivity contribution >= 4 is 27.7 Å². The van der Waals surface area contributed by atoms with Crippen LogP contribution in [0.15, 0.2) is 24.3 Å². The quantitative estimate of drug-likeness (QED) is 0.630. The van der Waals surface area contributed by atoms with Gasteiger partial charge in [-0.2, -0.15) is 0 Å². The Morgan fingerprint density at radius 2 is 2.00 bits per heavy atom. The van der Waals surface area contributed by atoms with Gasteiger partial charge in [-0.25, -0.2) is 0 Å². The molecule has 0 amide bonds. The Bertz CT molecular complexity index is 406. The van der Waals surface area contributed by atoms with Gasteiger partial charge in [-0.3, -0.25) is 9.59 Å². The third kappa shape index (κ3) is 3.15. The molecule has 1 atom stereocenters. The number of carboxylic acids is 1. The largest absolute Gasteiger partial charge is 0.480 e. The first-order valence-electron chi connectivity index (χ1n) is 4.71.